The van der Waals surface area contributed by atoms with E-state index in [0.717, 1.165) is 38.9 Å². The third kappa shape index (κ3) is 4.31. The van der Waals surface area contributed by atoms with Crippen LogP contribution in [0.25, 0.3) is 0 Å². The first-order chi connectivity index (χ1) is 11.2. The smallest absolute Gasteiger partial charge is 0.0898 e. The van der Waals surface area contributed by atoms with E-state index in [9.17, 15) is 10.2 Å². The molecule has 0 bridgehead atoms. The van der Waals surface area contributed by atoms with Crippen LogP contribution in [0, 0.1) is 0 Å². The zero-order valence-corrected chi connectivity index (χ0v) is 13.5. The van der Waals surface area contributed by atoms with Crippen molar-refractivity contribution in [3.8, 4) is 0 Å². The van der Waals surface area contributed by atoms with E-state index in [1.165, 1.54) is 11.1 Å². The Balaban J connectivity index is 1.45. The highest BCUT2D eigenvalue weighted by atomic mass is 16.5. The van der Waals surface area contributed by atoms with E-state index in [1.807, 2.05) is 12.1 Å². The average molecular weight is 321 g/mol. The van der Waals surface area contributed by atoms with Gasteiger partial charge < -0.3 is 25.0 Å². The standard InChI is InChI=1S/C18H27NO4/c20-13-18(9-14-3-1-2-4-15(14)10-18)19-11-16(21)12-23-17-5-7-22-8-6-17/h1-4,16-17,19-21H,5-13H2. The van der Waals surface area contributed by atoms with Crippen molar-refractivity contribution in [3.63, 3.8) is 0 Å². The summed E-state index contributed by atoms with van der Waals surface area (Å²) in [4.78, 5) is 0. The maximum atomic E-state index is 10.2. The maximum Gasteiger partial charge on any atom is 0.0898 e. The van der Waals surface area contributed by atoms with Crippen molar-refractivity contribution < 1.29 is 19.7 Å². The largest absolute Gasteiger partial charge is 0.394 e. The Kier molecular flexibility index (Phi) is 5.67. The SMILES string of the molecule is OCC1(NCC(O)COC2CCOCC2)Cc2ccccc2C1. The number of fused-ring (bicyclic) bond motifs is 1. The molecule has 0 radical (unpaired) electrons. The summed E-state index contributed by atoms with van der Waals surface area (Å²) >= 11 is 0. The lowest BCUT2D eigenvalue weighted by Crippen LogP contribution is -2.52. The van der Waals surface area contributed by atoms with Crippen molar-refractivity contribution in [1.29, 1.82) is 0 Å². The van der Waals surface area contributed by atoms with Crippen LogP contribution in [0.4, 0.5) is 0 Å². The first kappa shape index (κ1) is 16.9. The van der Waals surface area contributed by atoms with Crippen molar-refractivity contribution in [2.24, 2.45) is 0 Å². The molecule has 1 aliphatic carbocycles. The second-order valence-corrected chi connectivity index (χ2v) is 6.74. The molecule has 5 nitrogen and oxygen atoms in total. The van der Waals surface area contributed by atoms with E-state index < -0.39 is 6.10 Å². The normalized spacial score (nSPS) is 22.0. The van der Waals surface area contributed by atoms with Crippen LogP contribution in [0.15, 0.2) is 24.3 Å². The van der Waals surface area contributed by atoms with E-state index >= 15 is 0 Å². The highest BCUT2D eigenvalue weighted by molar-refractivity contribution is 5.36. The quantitative estimate of drug-likeness (QED) is 0.688. The number of hydrogen-bond donors (Lipinski definition) is 3. The topological polar surface area (TPSA) is 71.0 Å². The molecule has 5 heteroatoms. The van der Waals surface area contributed by atoms with Gasteiger partial charge in [-0.25, -0.2) is 0 Å². The monoisotopic (exact) mass is 321 g/mol. The number of nitrogens with one attached hydrogen (secondary N) is 1. The Bertz CT molecular complexity index is 477. The molecule has 1 fully saturated rings. The molecule has 2 aliphatic rings. The molecule has 0 aromatic heterocycles. The summed E-state index contributed by atoms with van der Waals surface area (Å²) in [5, 5.41) is 23.4. The van der Waals surface area contributed by atoms with Crippen LogP contribution in [0.1, 0.15) is 24.0 Å². The average Bonchev–Trinajstić information content (AvgIpc) is 2.98. The summed E-state index contributed by atoms with van der Waals surface area (Å²) in [6.45, 7) is 2.30. The van der Waals surface area contributed by atoms with Gasteiger partial charge in [-0.2, -0.15) is 0 Å². The highest BCUT2D eigenvalue weighted by Gasteiger charge is 2.36. The number of hydrogen-bond acceptors (Lipinski definition) is 5. The second kappa shape index (κ2) is 7.73. The van der Waals surface area contributed by atoms with Gasteiger partial charge in [0.15, 0.2) is 0 Å². The van der Waals surface area contributed by atoms with Crippen molar-refractivity contribution in [1.82, 2.24) is 5.32 Å². The molecule has 0 saturated carbocycles. The van der Waals surface area contributed by atoms with Gasteiger partial charge in [-0.15, -0.1) is 0 Å². The molecule has 1 aliphatic heterocycles. The predicted octanol–water partition coefficient (Wildman–Crippen LogP) is 0.662. The Morgan fingerprint density at radius 2 is 1.87 bits per heavy atom. The number of aliphatic hydroxyl groups is 2. The van der Waals surface area contributed by atoms with E-state index in [-0.39, 0.29) is 18.2 Å². The molecular formula is C18H27NO4. The van der Waals surface area contributed by atoms with Gasteiger partial charge >= 0.3 is 0 Å². The lowest BCUT2D eigenvalue weighted by atomic mass is 9.96. The minimum Gasteiger partial charge on any atom is -0.394 e. The number of ether oxygens (including phenoxy) is 2. The molecule has 1 saturated heterocycles. The van der Waals surface area contributed by atoms with Crippen molar-refractivity contribution in [3.05, 3.63) is 35.4 Å². The molecule has 128 valence electrons. The Morgan fingerprint density at radius 3 is 2.48 bits per heavy atom. The number of aliphatic hydroxyl groups excluding tert-OH is 2. The maximum absolute atomic E-state index is 10.2. The molecule has 1 heterocycles. The summed E-state index contributed by atoms with van der Waals surface area (Å²) in [5.41, 5.74) is 2.20. The Hall–Kier alpha value is -0.980. The molecule has 3 rings (SSSR count). The van der Waals surface area contributed by atoms with Gasteiger partial charge in [0.2, 0.25) is 0 Å². The molecule has 3 N–H and O–H groups in total. The fourth-order valence-electron chi connectivity index (χ4n) is 3.47. The van der Waals surface area contributed by atoms with E-state index in [2.05, 4.69) is 17.4 Å². The summed E-state index contributed by atoms with van der Waals surface area (Å²) in [6.07, 6.45) is 3.03. The van der Waals surface area contributed by atoms with Gasteiger partial charge in [0.1, 0.15) is 0 Å². The first-order valence-electron chi connectivity index (χ1n) is 8.51. The molecule has 0 spiro atoms. The van der Waals surface area contributed by atoms with E-state index in [0.29, 0.717) is 13.2 Å². The van der Waals surface area contributed by atoms with Crippen LogP contribution in [0.5, 0.6) is 0 Å². The third-order valence-corrected chi connectivity index (χ3v) is 4.88. The van der Waals surface area contributed by atoms with Gasteiger partial charge in [-0.1, -0.05) is 24.3 Å². The first-order valence-corrected chi connectivity index (χ1v) is 8.51. The number of benzene rings is 1. The molecular weight excluding hydrogens is 294 g/mol. The van der Waals surface area contributed by atoms with Crippen molar-refractivity contribution >= 4 is 0 Å². The highest BCUT2D eigenvalue weighted by Crippen LogP contribution is 2.29. The third-order valence-electron chi connectivity index (χ3n) is 4.88. The summed E-state index contributed by atoms with van der Waals surface area (Å²) < 4.78 is 11.1. The van der Waals surface area contributed by atoms with Crippen molar-refractivity contribution in [2.75, 3.05) is 33.0 Å². The molecule has 23 heavy (non-hydrogen) atoms. The van der Waals surface area contributed by atoms with Crippen LogP contribution < -0.4 is 5.32 Å². The van der Waals surface area contributed by atoms with Crippen molar-refractivity contribution in [2.45, 2.75) is 43.4 Å². The van der Waals surface area contributed by atoms with Crippen LogP contribution in [-0.2, 0) is 22.3 Å². The molecule has 1 atom stereocenters. The zero-order valence-electron chi connectivity index (χ0n) is 13.5. The zero-order chi connectivity index (χ0) is 16.1. The molecule has 1 unspecified atom stereocenters. The lowest BCUT2D eigenvalue weighted by Gasteiger charge is -2.30. The molecule has 1 aromatic carbocycles. The van der Waals surface area contributed by atoms with Crippen LogP contribution in [0.2, 0.25) is 0 Å². The van der Waals surface area contributed by atoms with Gasteiger partial charge in [0.05, 0.1) is 25.4 Å². The Morgan fingerprint density at radius 1 is 1.22 bits per heavy atom. The summed E-state index contributed by atoms with van der Waals surface area (Å²) in [7, 11) is 0. The minimum absolute atomic E-state index is 0.0647. The minimum atomic E-state index is -0.565. The second-order valence-electron chi connectivity index (χ2n) is 6.74. The predicted molar refractivity (Wildman–Crippen MR) is 87.5 cm³/mol. The van der Waals surface area contributed by atoms with Crippen LogP contribution in [0.3, 0.4) is 0 Å². The van der Waals surface area contributed by atoms with Gasteiger partial charge in [0.25, 0.3) is 0 Å². The number of β-amino-alcohol motifs (C(OH)–C–C–N with tert-alkyl or cyclic N) is 1. The Labute approximate surface area is 137 Å². The van der Waals surface area contributed by atoms with Crippen LogP contribution in [-0.4, -0.2) is 60.9 Å². The fraction of sp³-hybridized carbons (Fsp3) is 0.667. The van der Waals surface area contributed by atoms with Gasteiger partial charge in [-0.3, -0.25) is 0 Å². The summed E-state index contributed by atoms with van der Waals surface area (Å²) in [6, 6.07) is 8.28. The fourth-order valence-corrected chi connectivity index (χ4v) is 3.47. The van der Waals surface area contributed by atoms with Crippen LogP contribution >= 0.6 is 0 Å². The summed E-state index contributed by atoms with van der Waals surface area (Å²) in [5.74, 6) is 0. The molecule has 0 amide bonds. The molecule has 1 aromatic rings. The number of rotatable bonds is 7. The van der Waals surface area contributed by atoms with Gasteiger partial charge in [0, 0.05) is 25.3 Å². The van der Waals surface area contributed by atoms with E-state index in [4.69, 9.17) is 9.47 Å². The van der Waals surface area contributed by atoms with Gasteiger partial charge in [-0.05, 0) is 36.8 Å². The van der Waals surface area contributed by atoms with E-state index in [1.54, 1.807) is 0 Å². The lowest BCUT2D eigenvalue weighted by molar-refractivity contribution is -0.0599.